The Balaban J connectivity index is 1.84. The lowest BCUT2D eigenvalue weighted by atomic mass is 9.87. The van der Waals surface area contributed by atoms with Crippen molar-refractivity contribution in [2.24, 2.45) is 7.05 Å². The van der Waals surface area contributed by atoms with Crippen LogP contribution in [0.3, 0.4) is 0 Å². The smallest absolute Gasteiger partial charge is 0.270 e. The Labute approximate surface area is 130 Å². The number of benzene rings is 1. The van der Waals surface area contributed by atoms with Crippen LogP contribution in [0.2, 0.25) is 0 Å². The van der Waals surface area contributed by atoms with Gasteiger partial charge in [-0.15, -0.1) is 0 Å². The van der Waals surface area contributed by atoms with Crippen molar-refractivity contribution in [3.63, 3.8) is 0 Å². The Bertz CT molecular complexity index is 686. The van der Waals surface area contributed by atoms with Crippen LogP contribution in [-0.2, 0) is 13.5 Å². The highest BCUT2D eigenvalue weighted by Crippen LogP contribution is 2.32. The minimum absolute atomic E-state index is 0.0523. The van der Waals surface area contributed by atoms with E-state index >= 15 is 0 Å². The third kappa shape index (κ3) is 2.58. The molecule has 0 saturated heterocycles. The first-order chi connectivity index (χ1) is 10.6. The number of aromatic nitrogens is 2. The predicted octanol–water partition coefficient (Wildman–Crippen LogP) is 2.54. The standard InChI is InChI=1S/C17H21N3O2/c1-11-16(20(2)10-18-11)17(21)19-15-6-4-5-12-9-13(22-3)7-8-14(12)15/h7-10,15H,4-6H2,1-3H3,(H,19,21)/t15-/m0/s1. The number of aryl methyl sites for hydroxylation is 3. The number of hydrogen-bond donors (Lipinski definition) is 1. The fraction of sp³-hybridized carbons (Fsp3) is 0.412. The highest BCUT2D eigenvalue weighted by Gasteiger charge is 2.24. The monoisotopic (exact) mass is 299 g/mol. The van der Waals surface area contributed by atoms with Crippen molar-refractivity contribution in [1.82, 2.24) is 14.9 Å². The first kappa shape index (κ1) is 14.6. The summed E-state index contributed by atoms with van der Waals surface area (Å²) in [6.07, 6.45) is 4.73. The Kier molecular flexibility index (Phi) is 3.88. The van der Waals surface area contributed by atoms with E-state index in [2.05, 4.69) is 22.4 Å². The zero-order valence-corrected chi connectivity index (χ0v) is 13.2. The number of carbonyl (C=O) groups is 1. The molecule has 22 heavy (non-hydrogen) atoms. The van der Waals surface area contributed by atoms with Crippen molar-refractivity contribution in [3.8, 4) is 5.75 Å². The van der Waals surface area contributed by atoms with Gasteiger partial charge in [0.1, 0.15) is 11.4 Å². The molecule has 1 N–H and O–H groups in total. The summed E-state index contributed by atoms with van der Waals surface area (Å²) in [7, 11) is 3.52. The number of nitrogens with zero attached hydrogens (tertiary/aromatic N) is 2. The molecule has 1 aliphatic carbocycles. The van der Waals surface area contributed by atoms with Crippen molar-refractivity contribution in [2.45, 2.75) is 32.2 Å². The number of imidazole rings is 1. The average molecular weight is 299 g/mol. The second kappa shape index (κ2) is 5.83. The Hall–Kier alpha value is -2.30. The fourth-order valence-corrected chi connectivity index (χ4v) is 3.17. The SMILES string of the molecule is COc1ccc2c(c1)CCC[C@@H]2NC(=O)c1c(C)ncn1C. The number of nitrogens with one attached hydrogen (secondary N) is 1. The summed E-state index contributed by atoms with van der Waals surface area (Å²) in [6, 6.07) is 6.15. The molecule has 0 fully saturated rings. The molecule has 0 bridgehead atoms. The molecule has 3 rings (SSSR count). The van der Waals surface area contributed by atoms with Crippen LogP contribution in [0.25, 0.3) is 0 Å². The van der Waals surface area contributed by atoms with Crippen LogP contribution in [-0.4, -0.2) is 22.6 Å². The van der Waals surface area contributed by atoms with Gasteiger partial charge in [-0.25, -0.2) is 4.98 Å². The van der Waals surface area contributed by atoms with E-state index in [1.165, 1.54) is 11.1 Å². The average Bonchev–Trinajstić information content (AvgIpc) is 2.86. The first-order valence-corrected chi connectivity index (χ1v) is 7.55. The van der Waals surface area contributed by atoms with Crippen LogP contribution in [0, 0.1) is 6.92 Å². The maximum absolute atomic E-state index is 12.6. The van der Waals surface area contributed by atoms with E-state index in [1.807, 2.05) is 20.0 Å². The first-order valence-electron chi connectivity index (χ1n) is 7.55. The number of fused-ring (bicyclic) bond motifs is 1. The third-order valence-corrected chi connectivity index (χ3v) is 4.30. The van der Waals surface area contributed by atoms with Crippen LogP contribution >= 0.6 is 0 Å². The van der Waals surface area contributed by atoms with Crippen LogP contribution in [0.1, 0.15) is 46.2 Å². The molecule has 1 heterocycles. The van der Waals surface area contributed by atoms with Crippen molar-refractivity contribution in [1.29, 1.82) is 0 Å². The van der Waals surface area contributed by atoms with Gasteiger partial charge in [-0.05, 0) is 49.4 Å². The van der Waals surface area contributed by atoms with Crippen LogP contribution < -0.4 is 10.1 Å². The molecule has 5 heteroatoms. The highest BCUT2D eigenvalue weighted by atomic mass is 16.5. The van der Waals surface area contributed by atoms with Crippen LogP contribution in [0.4, 0.5) is 0 Å². The van der Waals surface area contributed by atoms with Gasteiger partial charge < -0.3 is 14.6 Å². The molecular weight excluding hydrogens is 278 g/mol. The van der Waals surface area contributed by atoms with Gasteiger partial charge in [0.15, 0.2) is 0 Å². The van der Waals surface area contributed by atoms with Crippen molar-refractivity contribution in [2.75, 3.05) is 7.11 Å². The lowest BCUT2D eigenvalue weighted by Crippen LogP contribution is -2.32. The van der Waals surface area contributed by atoms with Gasteiger partial charge in [-0.1, -0.05) is 6.07 Å². The molecule has 116 valence electrons. The summed E-state index contributed by atoms with van der Waals surface area (Å²) in [5, 5.41) is 3.16. The lowest BCUT2D eigenvalue weighted by Gasteiger charge is -2.27. The van der Waals surface area contributed by atoms with Gasteiger partial charge in [-0.2, -0.15) is 0 Å². The topological polar surface area (TPSA) is 56.1 Å². The van der Waals surface area contributed by atoms with Gasteiger partial charge in [0, 0.05) is 7.05 Å². The predicted molar refractivity (Wildman–Crippen MR) is 84.1 cm³/mol. The second-order valence-electron chi connectivity index (χ2n) is 5.77. The van der Waals surface area contributed by atoms with Gasteiger partial charge >= 0.3 is 0 Å². The van der Waals surface area contributed by atoms with E-state index < -0.39 is 0 Å². The molecule has 1 aliphatic rings. The maximum atomic E-state index is 12.6. The molecule has 0 saturated carbocycles. The molecule has 0 spiro atoms. The summed E-state index contributed by atoms with van der Waals surface area (Å²) < 4.78 is 7.05. The third-order valence-electron chi connectivity index (χ3n) is 4.30. The number of ether oxygens (including phenoxy) is 1. The molecule has 0 radical (unpaired) electrons. The molecule has 1 aromatic heterocycles. The van der Waals surface area contributed by atoms with Gasteiger partial charge in [0.05, 0.1) is 25.2 Å². The van der Waals surface area contributed by atoms with E-state index in [1.54, 1.807) is 18.0 Å². The number of methoxy groups -OCH3 is 1. The molecule has 1 aromatic carbocycles. The molecule has 0 aliphatic heterocycles. The summed E-state index contributed by atoms with van der Waals surface area (Å²) >= 11 is 0. The number of hydrogen-bond acceptors (Lipinski definition) is 3. The molecule has 1 atom stereocenters. The van der Waals surface area contributed by atoms with E-state index in [-0.39, 0.29) is 11.9 Å². The molecular formula is C17H21N3O2. The zero-order valence-electron chi connectivity index (χ0n) is 13.2. The van der Waals surface area contributed by atoms with E-state index in [4.69, 9.17) is 4.74 Å². The summed E-state index contributed by atoms with van der Waals surface area (Å²) in [6.45, 7) is 1.86. The van der Waals surface area contributed by atoms with Gasteiger partial charge in [0.25, 0.3) is 5.91 Å². The van der Waals surface area contributed by atoms with Crippen molar-refractivity contribution in [3.05, 3.63) is 47.0 Å². The number of carbonyl (C=O) groups excluding carboxylic acids is 1. The molecule has 2 aromatic rings. The van der Waals surface area contributed by atoms with E-state index in [9.17, 15) is 4.79 Å². The zero-order chi connectivity index (χ0) is 15.7. The fourth-order valence-electron chi connectivity index (χ4n) is 3.17. The number of amides is 1. The van der Waals surface area contributed by atoms with E-state index in [0.29, 0.717) is 5.69 Å². The normalized spacial score (nSPS) is 17.0. The highest BCUT2D eigenvalue weighted by molar-refractivity contribution is 5.94. The Morgan fingerprint density at radius 3 is 2.95 bits per heavy atom. The lowest BCUT2D eigenvalue weighted by molar-refractivity contribution is 0.0924. The van der Waals surface area contributed by atoms with E-state index in [0.717, 1.165) is 30.7 Å². The van der Waals surface area contributed by atoms with Crippen molar-refractivity contribution >= 4 is 5.91 Å². The second-order valence-corrected chi connectivity index (χ2v) is 5.77. The number of rotatable bonds is 3. The summed E-state index contributed by atoms with van der Waals surface area (Å²) in [5.41, 5.74) is 3.84. The van der Waals surface area contributed by atoms with Crippen LogP contribution in [0.15, 0.2) is 24.5 Å². The Morgan fingerprint density at radius 2 is 2.27 bits per heavy atom. The molecule has 1 amide bonds. The largest absolute Gasteiger partial charge is 0.497 e. The quantitative estimate of drug-likeness (QED) is 0.947. The van der Waals surface area contributed by atoms with Gasteiger partial charge in [0.2, 0.25) is 0 Å². The minimum Gasteiger partial charge on any atom is -0.497 e. The summed E-state index contributed by atoms with van der Waals surface area (Å²) in [4.78, 5) is 16.7. The van der Waals surface area contributed by atoms with Crippen molar-refractivity contribution < 1.29 is 9.53 Å². The molecule has 5 nitrogen and oxygen atoms in total. The van der Waals surface area contributed by atoms with Crippen LogP contribution in [0.5, 0.6) is 5.75 Å². The Morgan fingerprint density at radius 1 is 1.45 bits per heavy atom. The summed E-state index contributed by atoms with van der Waals surface area (Å²) in [5.74, 6) is 0.805. The minimum atomic E-state index is -0.0637. The van der Waals surface area contributed by atoms with Gasteiger partial charge in [-0.3, -0.25) is 4.79 Å². The maximum Gasteiger partial charge on any atom is 0.270 e. The molecule has 0 unspecified atom stereocenters.